The van der Waals surface area contributed by atoms with Crippen LogP contribution in [0.4, 0.5) is 10.7 Å². The van der Waals surface area contributed by atoms with Crippen LogP contribution in [0.2, 0.25) is 5.02 Å². The summed E-state index contributed by atoms with van der Waals surface area (Å²) in [4.78, 5) is 39.7. The average Bonchev–Trinajstić information content (AvgIpc) is 3.29. The third kappa shape index (κ3) is 7.06. The number of nitrogens with one attached hydrogen (secondary N) is 2. The molecule has 8 nitrogen and oxygen atoms in total. The van der Waals surface area contributed by atoms with Crippen LogP contribution >= 0.6 is 22.9 Å². The first kappa shape index (κ1) is 29.6. The van der Waals surface area contributed by atoms with Crippen molar-refractivity contribution in [1.82, 2.24) is 0 Å². The van der Waals surface area contributed by atoms with E-state index in [1.807, 2.05) is 37.3 Å². The number of methoxy groups -OCH3 is 1. The molecule has 1 heterocycles. The molecule has 0 aliphatic rings. The Bertz CT molecular complexity index is 1550. The Morgan fingerprint density at radius 1 is 0.976 bits per heavy atom. The molecule has 3 aromatic carbocycles. The molecule has 41 heavy (non-hydrogen) atoms. The second-order valence-corrected chi connectivity index (χ2v) is 10.6. The zero-order chi connectivity index (χ0) is 29.5. The van der Waals surface area contributed by atoms with Crippen molar-refractivity contribution in [2.45, 2.75) is 26.9 Å². The van der Waals surface area contributed by atoms with Crippen LogP contribution in [0.1, 0.15) is 39.4 Å². The standard InChI is InChI=1S/C31H29ClN2O6S/c1-5-39-31(37)27-26(20-9-7-6-8-10-20)19(3)41-30(27)34-29(36)21-11-14-23(15-12-21)40-18(2)28(35)33-24-17-22(32)13-16-25(24)38-4/h6-18H,5H2,1-4H3,(H,33,35)(H,34,36). The first-order chi connectivity index (χ1) is 19.7. The van der Waals surface area contributed by atoms with E-state index in [1.165, 1.54) is 18.4 Å². The lowest BCUT2D eigenvalue weighted by atomic mass is 10.0. The maximum atomic E-state index is 13.2. The summed E-state index contributed by atoms with van der Waals surface area (Å²) in [7, 11) is 1.50. The monoisotopic (exact) mass is 592 g/mol. The molecule has 0 fully saturated rings. The first-order valence-corrected chi connectivity index (χ1v) is 14.0. The second kappa shape index (κ2) is 13.3. The predicted molar refractivity (Wildman–Crippen MR) is 162 cm³/mol. The molecule has 10 heteroatoms. The van der Waals surface area contributed by atoms with Crippen LogP contribution < -0.4 is 20.1 Å². The molecule has 2 amide bonds. The summed E-state index contributed by atoms with van der Waals surface area (Å²) in [6.45, 7) is 5.45. The van der Waals surface area contributed by atoms with E-state index in [1.54, 1.807) is 56.3 Å². The van der Waals surface area contributed by atoms with Crippen LogP contribution in [0, 0.1) is 6.92 Å². The van der Waals surface area contributed by atoms with E-state index < -0.39 is 23.9 Å². The fraction of sp³-hybridized carbons (Fsp3) is 0.194. The maximum absolute atomic E-state index is 13.2. The average molecular weight is 593 g/mol. The van der Waals surface area contributed by atoms with Crippen molar-refractivity contribution in [3.05, 3.63) is 93.8 Å². The molecule has 1 atom stereocenters. The van der Waals surface area contributed by atoms with Gasteiger partial charge in [0.25, 0.3) is 11.8 Å². The molecule has 0 radical (unpaired) electrons. The fourth-order valence-corrected chi connectivity index (χ4v) is 5.34. The molecule has 0 saturated heterocycles. The fourth-order valence-electron chi connectivity index (χ4n) is 4.11. The van der Waals surface area contributed by atoms with Gasteiger partial charge in [-0.1, -0.05) is 41.9 Å². The molecule has 4 rings (SSSR count). The van der Waals surface area contributed by atoms with Crippen molar-refractivity contribution in [3.63, 3.8) is 0 Å². The van der Waals surface area contributed by atoms with E-state index in [2.05, 4.69) is 10.6 Å². The number of carbonyl (C=O) groups is 3. The highest BCUT2D eigenvalue weighted by Gasteiger charge is 2.26. The van der Waals surface area contributed by atoms with Crippen LogP contribution in [-0.2, 0) is 9.53 Å². The Morgan fingerprint density at radius 3 is 2.34 bits per heavy atom. The number of rotatable bonds is 10. The number of ether oxygens (including phenoxy) is 3. The van der Waals surface area contributed by atoms with E-state index in [9.17, 15) is 14.4 Å². The summed E-state index contributed by atoms with van der Waals surface area (Å²) in [6.07, 6.45) is -0.851. The number of carbonyl (C=O) groups excluding carboxylic acids is 3. The van der Waals surface area contributed by atoms with Gasteiger partial charge < -0.3 is 24.8 Å². The van der Waals surface area contributed by atoms with Gasteiger partial charge in [-0.15, -0.1) is 11.3 Å². The van der Waals surface area contributed by atoms with E-state index in [-0.39, 0.29) is 6.61 Å². The molecule has 2 N–H and O–H groups in total. The highest BCUT2D eigenvalue weighted by Crippen LogP contribution is 2.40. The lowest BCUT2D eigenvalue weighted by Crippen LogP contribution is -2.30. The van der Waals surface area contributed by atoms with E-state index in [0.717, 1.165) is 16.0 Å². The normalized spacial score (nSPS) is 11.3. The topological polar surface area (TPSA) is 103 Å². The summed E-state index contributed by atoms with van der Waals surface area (Å²) in [5.74, 6) is -0.443. The number of anilines is 2. The third-order valence-corrected chi connectivity index (χ3v) is 7.33. The Morgan fingerprint density at radius 2 is 1.68 bits per heavy atom. The Hall–Kier alpha value is -4.34. The molecule has 0 spiro atoms. The molecule has 0 aliphatic heterocycles. The number of esters is 1. The SMILES string of the molecule is CCOC(=O)c1c(NC(=O)c2ccc(OC(C)C(=O)Nc3cc(Cl)ccc3OC)cc2)sc(C)c1-c1ccccc1. The van der Waals surface area contributed by atoms with Crippen LogP contribution in [0.25, 0.3) is 11.1 Å². The maximum Gasteiger partial charge on any atom is 0.341 e. The van der Waals surface area contributed by atoms with Crippen LogP contribution in [0.3, 0.4) is 0 Å². The first-order valence-electron chi connectivity index (χ1n) is 12.8. The number of hydrogen-bond donors (Lipinski definition) is 2. The summed E-state index contributed by atoms with van der Waals surface area (Å²) in [5, 5.41) is 6.48. The molecule has 1 unspecified atom stereocenters. The van der Waals surface area contributed by atoms with E-state index in [4.69, 9.17) is 25.8 Å². The molecular formula is C31H29ClN2O6S. The zero-order valence-electron chi connectivity index (χ0n) is 22.9. The minimum absolute atomic E-state index is 0.208. The number of halogens is 1. The molecule has 4 aromatic rings. The van der Waals surface area contributed by atoms with Crippen molar-refractivity contribution in [1.29, 1.82) is 0 Å². The van der Waals surface area contributed by atoms with Crippen molar-refractivity contribution < 1.29 is 28.6 Å². The number of thiophene rings is 1. The quantitative estimate of drug-likeness (QED) is 0.188. The summed E-state index contributed by atoms with van der Waals surface area (Å²) >= 11 is 7.35. The minimum Gasteiger partial charge on any atom is -0.495 e. The van der Waals surface area contributed by atoms with Gasteiger partial charge in [-0.25, -0.2) is 4.79 Å². The lowest BCUT2D eigenvalue weighted by molar-refractivity contribution is -0.122. The third-order valence-electron chi connectivity index (χ3n) is 6.07. The number of aryl methyl sites for hydroxylation is 1. The van der Waals surface area contributed by atoms with Crippen LogP contribution in [0.5, 0.6) is 11.5 Å². The van der Waals surface area contributed by atoms with Crippen LogP contribution in [0.15, 0.2) is 72.8 Å². The Balaban J connectivity index is 1.47. The van der Waals surface area contributed by atoms with Gasteiger partial charge in [-0.3, -0.25) is 9.59 Å². The number of hydrogen-bond acceptors (Lipinski definition) is 7. The molecular weight excluding hydrogens is 564 g/mol. The van der Waals surface area contributed by atoms with E-state index in [0.29, 0.717) is 38.3 Å². The van der Waals surface area contributed by atoms with Gasteiger partial charge in [-0.05, 0) is 68.8 Å². The Kier molecular flexibility index (Phi) is 9.65. The lowest BCUT2D eigenvalue weighted by Gasteiger charge is -2.16. The van der Waals surface area contributed by atoms with Gasteiger partial charge in [-0.2, -0.15) is 0 Å². The molecule has 1 aromatic heterocycles. The smallest absolute Gasteiger partial charge is 0.341 e. The molecule has 0 saturated carbocycles. The highest BCUT2D eigenvalue weighted by atomic mass is 35.5. The number of amides is 2. The molecule has 0 bridgehead atoms. The van der Waals surface area contributed by atoms with Crippen molar-refractivity contribution in [2.75, 3.05) is 24.4 Å². The largest absolute Gasteiger partial charge is 0.495 e. The predicted octanol–water partition coefficient (Wildman–Crippen LogP) is 7.22. The van der Waals surface area contributed by atoms with Crippen LogP contribution in [-0.4, -0.2) is 37.6 Å². The molecule has 0 aliphatic carbocycles. The van der Waals surface area contributed by atoms with Crippen molar-refractivity contribution >= 4 is 51.4 Å². The summed E-state index contributed by atoms with van der Waals surface area (Å²) < 4.78 is 16.4. The minimum atomic E-state index is -0.851. The van der Waals surface area contributed by atoms with Gasteiger partial charge in [0.15, 0.2) is 6.10 Å². The van der Waals surface area contributed by atoms with Crippen molar-refractivity contribution in [2.24, 2.45) is 0 Å². The summed E-state index contributed by atoms with van der Waals surface area (Å²) in [5.41, 5.74) is 2.69. The summed E-state index contributed by atoms with van der Waals surface area (Å²) in [6, 6.07) is 20.8. The highest BCUT2D eigenvalue weighted by molar-refractivity contribution is 7.17. The van der Waals surface area contributed by atoms with Gasteiger partial charge >= 0.3 is 5.97 Å². The van der Waals surface area contributed by atoms with Gasteiger partial charge in [0.05, 0.1) is 19.4 Å². The van der Waals surface area contributed by atoms with E-state index >= 15 is 0 Å². The number of benzene rings is 3. The van der Waals surface area contributed by atoms with Gasteiger partial charge in [0.1, 0.15) is 22.1 Å². The Labute approximate surface area is 247 Å². The molecule has 212 valence electrons. The van der Waals surface area contributed by atoms with Gasteiger partial charge in [0.2, 0.25) is 0 Å². The van der Waals surface area contributed by atoms with Crippen molar-refractivity contribution in [3.8, 4) is 22.6 Å². The van der Waals surface area contributed by atoms with Gasteiger partial charge in [0, 0.05) is 21.0 Å². The zero-order valence-corrected chi connectivity index (χ0v) is 24.5. The second-order valence-electron chi connectivity index (χ2n) is 8.90.